The Morgan fingerprint density at radius 3 is 1.60 bits per heavy atom. The first-order valence-electron chi connectivity index (χ1n) is 16.5. The van der Waals surface area contributed by atoms with Crippen LogP contribution in [0.1, 0.15) is 5.48 Å². The number of benzene rings is 8. The molecule has 0 spiro atoms. The van der Waals surface area contributed by atoms with Gasteiger partial charge in [0.15, 0.2) is 0 Å². The number of hydrogen-bond donors (Lipinski definition) is 0. The Bertz CT molecular complexity index is 2670. The molecule has 0 N–H and O–H groups in total. The first kappa shape index (κ1) is 20.3. The number of rotatable bonds is 3. The molecule has 0 unspecified atom stereocenters. The van der Waals surface area contributed by atoms with Crippen LogP contribution in [0.5, 0.6) is 0 Å². The minimum absolute atomic E-state index is 0.0521. The van der Waals surface area contributed by atoms with E-state index in [0.717, 1.165) is 76.5 Å². The first-order valence-corrected chi connectivity index (χ1v) is 14.5. The molecule has 1 heteroatoms. The van der Waals surface area contributed by atoms with Crippen molar-refractivity contribution in [3.05, 3.63) is 158 Å². The van der Waals surface area contributed by atoms with Crippen molar-refractivity contribution in [2.75, 3.05) is 0 Å². The van der Waals surface area contributed by atoms with E-state index in [4.69, 9.17) is 8.53 Å². The van der Waals surface area contributed by atoms with Crippen molar-refractivity contribution in [1.29, 1.82) is 0 Å². The topological polar surface area (TPSA) is 13.1 Å². The van der Waals surface area contributed by atoms with Gasteiger partial charge in [-0.1, -0.05) is 152 Å². The van der Waals surface area contributed by atoms with Crippen molar-refractivity contribution >= 4 is 54.3 Å². The summed E-state index contributed by atoms with van der Waals surface area (Å²) in [5.74, 6) is 0. The molecule has 1 nitrogen and oxygen atoms in total. The van der Waals surface area contributed by atoms with Gasteiger partial charge in [-0.05, 0) is 55.3 Å². The van der Waals surface area contributed by atoms with Crippen molar-refractivity contribution in [2.45, 2.75) is 0 Å². The summed E-state index contributed by atoms with van der Waals surface area (Å²) < 4.78 is 42.4. The summed E-state index contributed by atoms with van der Waals surface area (Å²) >= 11 is 0. The second-order valence-electron chi connectivity index (χ2n) is 10.9. The third-order valence-corrected chi connectivity index (χ3v) is 8.59. The molecule has 0 bridgehead atoms. The number of para-hydroxylation sites is 1. The molecule has 43 heavy (non-hydrogen) atoms. The molecule has 1 heterocycles. The maximum absolute atomic E-state index is 9.26. The van der Waals surface area contributed by atoms with Crippen LogP contribution in [-0.2, 0) is 0 Å². The maximum atomic E-state index is 9.26. The van der Waals surface area contributed by atoms with Crippen LogP contribution in [0.15, 0.2) is 162 Å². The van der Waals surface area contributed by atoms with Gasteiger partial charge in [0.25, 0.3) is 0 Å². The van der Waals surface area contributed by atoms with Gasteiger partial charge in [-0.3, -0.25) is 0 Å². The van der Waals surface area contributed by atoms with Crippen LogP contribution in [0, 0.1) is 0 Å². The van der Waals surface area contributed by atoms with Crippen LogP contribution >= 0.6 is 0 Å². The normalized spacial score (nSPS) is 13.0. The Morgan fingerprint density at radius 2 is 0.907 bits per heavy atom. The van der Waals surface area contributed by atoms with E-state index in [2.05, 4.69) is 66.7 Å². The van der Waals surface area contributed by atoms with Crippen molar-refractivity contribution in [1.82, 2.24) is 0 Å². The standard InChI is InChI=1S/C42H26O/c1-2-13-27(14-3-1)29-16-6-7-18-31(29)39-32-19-8-10-21-34(32)40(35-22-11-9-20-33(35)39)38-24-12-23-36-37-26-25-28-15-4-5-17-30(28)41(37)43-42(36)38/h1-26H/i6D,7D,16D,18D. The zero-order chi connectivity index (χ0) is 31.8. The van der Waals surface area contributed by atoms with E-state index in [-0.39, 0.29) is 24.2 Å². The fourth-order valence-corrected chi connectivity index (χ4v) is 6.73. The molecule has 0 atom stereocenters. The first-order chi connectivity index (χ1) is 23.0. The summed E-state index contributed by atoms with van der Waals surface area (Å²) in [6.45, 7) is 0. The molecule has 0 aliphatic carbocycles. The summed E-state index contributed by atoms with van der Waals surface area (Å²) in [7, 11) is 0. The van der Waals surface area contributed by atoms with Crippen LogP contribution < -0.4 is 0 Å². The second-order valence-corrected chi connectivity index (χ2v) is 10.9. The quantitative estimate of drug-likeness (QED) is 0.199. The highest BCUT2D eigenvalue weighted by atomic mass is 16.3. The highest BCUT2D eigenvalue weighted by molar-refractivity contribution is 6.25. The van der Waals surface area contributed by atoms with Crippen molar-refractivity contribution in [2.24, 2.45) is 0 Å². The lowest BCUT2D eigenvalue weighted by atomic mass is 9.83. The third-order valence-electron chi connectivity index (χ3n) is 8.59. The van der Waals surface area contributed by atoms with Gasteiger partial charge in [-0.2, -0.15) is 0 Å². The van der Waals surface area contributed by atoms with Gasteiger partial charge in [0.1, 0.15) is 11.2 Å². The third kappa shape index (κ3) is 3.58. The van der Waals surface area contributed by atoms with Crippen molar-refractivity contribution in [3.63, 3.8) is 0 Å². The fraction of sp³-hybridized carbons (Fsp3) is 0. The summed E-state index contributed by atoms with van der Waals surface area (Å²) in [4.78, 5) is 0. The average Bonchev–Trinajstić information content (AvgIpc) is 3.51. The largest absolute Gasteiger partial charge is 0.455 e. The number of hydrogen-bond acceptors (Lipinski definition) is 1. The molecule has 0 amide bonds. The molecule has 0 radical (unpaired) electrons. The van der Waals surface area contributed by atoms with Gasteiger partial charge in [-0.15, -0.1) is 0 Å². The lowest BCUT2D eigenvalue weighted by molar-refractivity contribution is 0.674. The summed E-state index contributed by atoms with van der Waals surface area (Å²) in [6.07, 6.45) is 0. The minimum atomic E-state index is -0.249. The molecule has 200 valence electrons. The maximum Gasteiger partial charge on any atom is 0.143 e. The highest BCUT2D eigenvalue weighted by Crippen LogP contribution is 2.48. The molecule has 0 saturated heterocycles. The molecule has 0 aliphatic rings. The van der Waals surface area contributed by atoms with Crippen molar-refractivity contribution < 1.29 is 9.90 Å². The molecule has 0 aliphatic heterocycles. The van der Waals surface area contributed by atoms with E-state index in [1.165, 1.54) is 0 Å². The Morgan fingerprint density at radius 1 is 0.372 bits per heavy atom. The average molecular weight is 551 g/mol. The second kappa shape index (κ2) is 9.44. The fourth-order valence-electron chi connectivity index (χ4n) is 6.73. The molecule has 1 aromatic heterocycles. The number of fused-ring (bicyclic) bond motifs is 7. The van der Waals surface area contributed by atoms with Crippen LogP contribution in [0.25, 0.3) is 87.6 Å². The summed E-state index contributed by atoms with van der Waals surface area (Å²) in [5, 5.41) is 8.08. The Labute approximate surface area is 254 Å². The van der Waals surface area contributed by atoms with Crippen molar-refractivity contribution in [3.8, 4) is 33.4 Å². The minimum Gasteiger partial charge on any atom is -0.455 e. The number of furan rings is 1. The van der Waals surface area contributed by atoms with Gasteiger partial charge in [-0.25, -0.2) is 0 Å². The Hall–Kier alpha value is -5.66. The van der Waals surface area contributed by atoms with Gasteiger partial charge >= 0.3 is 0 Å². The van der Waals surface area contributed by atoms with Gasteiger partial charge in [0.05, 0.1) is 5.48 Å². The summed E-state index contributed by atoms with van der Waals surface area (Å²) in [6, 6.07) is 44.2. The van der Waals surface area contributed by atoms with E-state index in [1.54, 1.807) is 0 Å². The zero-order valence-electron chi connectivity index (χ0n) is 27.1. The van der Waals surface area contributed by atoms with Gasteiger partial charge in [0.2, 0.25) is 0 Å². The molecule has 8 aromatic carbocycles. The predicted octanol–water partition coefficient (Wildman–Crippen LogP) is 12.0. The predicted molar refractivity (Wildman–Crippen MR) is 183 cm³/mol. The van der Waals surface area contributed by atoms with E-state index in [1.807, 2.05) is 66.7 Å². The van der Waals surface area contributed by atoms with E-state index in [0.29, 0.717) is 11.1 Å². The molecular weight excluding hydrogens is 520 g/mol. The van der Waals surface area contributed by atoms with Crippen LogP contribution in [0.2, 0.25) is 0 Å². The molecule has 0 saturated carbocycles. The lowest BCUT2D eigenvalue weighted by Crippen LogP contribution is -1.92. The van der Waals surface area contributed by atoms with Crippen LogP contribution in [-0.4, -0.2) is 0 Å². The molecule has 0 fully saturated rings. The lowest BCUT2D eigenvalue weighted by Gasteiger charge is -2.19. The zero-order valence-corrected chi connectivity index (χ0v) is 23.1. The van der Waals surface area contributed by atoms with Crippen LogP contribution in [0.4, 0.5) is 0 Å². The monoisotopic (exact) mass is 550 g/mol. The van der Waals surface area contributed by atoms with E-state index >= 15 is 0 Å². The smallest absolute Gasteiger partial charge is 0.143 e. The molecular formula is C42H26O. The van der Waals surface area contributed by atoms with E-state index < -0.39 is 0 Å². The summed E-state index contributed by atoms with van der Waals surface area (Å²) in [5.41, 5.74) is 6.19. The molecule has 9 rings (SSSR count). The Balaban J connectivity index is 1.45. The highest BCUT2D eigenvalue weighted by Gasteiger charge is 2.21. The van der Waals surface area contributed by atoms with Gasteiger partial charge in [0, 0.05) is 27.3 Å². The van der Waals surface area contributed by atoms with E-state index in [9.17, 15) is 1.37 Å². The van der Waals surface area contributed by atoms with Crippen LogP contribution in [0.3, 0.4) is 0 Å². The molecule has 9 aromatic rings. The Kier molecular flexibility index (Phi) is 4.45. The SMILES string of the molecule is [2H]c1c([2H])c([2H])c(-c2c3ccccc3c(-c3cccc4c3oc3c5ccccc5ccc43)c3ccccc23)c(-c2ccccc2)c1[2H]. The van der Waals surface area contributed by atoms with Gasteiger partial charge < -0.3 is 4.42 Å².